The van der Waals surface area contributed by atoms with Crippen LogP contribution in [0.1, 0.15) is 11.1 Å². The minimum absolute atomic E-state index is 0.0342. The molecule has 1 aliphatic rings. The van der Waals surface area contributed by atoms with Crippen LogP contribution in [0.3, 0.4) is 0 Å². The van der Waals surface area contributed by atoms with E-state index in [0.29, 0.717) is 12.1 Å². The Morgan fingerprint density at radius 1 is 1.16 bits per heavy atom. The maximum absolute atomic E-state index is 15.1. The highest BCUT2D eigenvalue weighted by Crippen LogP contribution is 2.33. The van der Waals surface area contributed by atoms with Gasteiger partial charge >= 0.3 is 6.09 Å². The topological polar surface area (TPSA) is 126 Å². The van der Waals surface area contributed by atoms with E-state index in [1.54, 1.807) is 31.1 Å². The quantitative estimate of drug-likeness (QED) is 0.407. The number of hydrogen-bond acceptors (Lipinski definition) is 8. The highest BCUT2D eigenvalue weighted by Gasteiger charge is 2.27. The van der Waals surface area contributed by atoms with Gasteiger partial charge in [0.25, 0.3) is 16.1 Å². The Morgan fingerprint density at radius 3 is 2.73 bits per heavy atom. The summed E-state index contributed by atoms with van der Waals surface area (Å²) >= 11 is 0. The maximum Gasteiger partial charge on any atom is 0.415 e. The van der Waals surface area contributed by atoms with Crippen molar-refractivity contribution in [2.75, 3.05) is 31.9 Å². The highest BCUT2D eigenvalue weighted by atomic mass is 32.2. The van der Waals surface area contributed by atoms with Crippen LogP contribution in [0.15, 0.2) is 48.8 Å². The molecule has 0 saturated heterocycles. The molecule has 0 unspecified atom stereocenters. The van der Waals surface area contributed by atoms with Crippen LogP contribution in [0.4, 0.5) is 19.4 Å². The van der Waals surface area contributed by atoms with Crippen LogP contribution in [-0.4, -0.2) is 61.5 Å². The number of halogens is 2. The third kappa shape index (κ3) is 6.67. The van der Waals surface area contributed by atoms with Gasteiger partial charge in [-0.1, -0.05) is 0 Å². The maximum atomic E-state index is 15.1. The first kappa shape index (κ1) is 26.2. The lowest BCUT2D eigenvalue weighted by Gasteiger charge is -2.28. The van der Waals surface area contributed by atoms with Crippen molar-refractivity contribution in [1.29, 1.82) is 0 Å². The smallest absolute Gasteiger partial charge is 0.415 e. The summed E-state index contributed by atoms with van der Waals surface area (Å²) in [4.78, 5) is 23.2. The molecule has 0 aliphatic carbocycles. The molecule has 1 amide bonds. The molecule has 11 nitrogen and oxygen atoms in total. The molecule has 0 bridgehead atoms. The second kappa shape index (κ2) is 11.0. The number of nitrogens with zero attached hydrogens (tertiary/aromatic N) is 4. The number of aromatic nitrogens is 2. The molecule has 0 radical (unpaired) electrons. The van der Waals surface area contributed by atoms with Gasteiger partial charge < -0.3 is 14.4 Å². The molecule has 3 heterocycles. The average Bonchev–Trinajstić information content (AvgIpc) is 2.83. The molecule has 0 saturated carbocycles. The fourth-order valence-corrected chi connectivity index (χ4v) is 4.21. The van der Waals surface area contributed by atoms with Gasteiger partial charge in [0.05, 0.1) is 13.1 Å². The van der Waals surface area contributed by atoms with E-state index >= 15 is 4.39 Å². The number of likely N-dealkylation sites (N-methyl/N-ethyl adjacent to an activating group) is 1. The molecular formula is C23H24F2N6O5S. The number of carbonyl (C=O) groups is 1. The first-order valence-electron chi connectivity index (χ1n) is 11.0. The molecule has 0 atom stereocenters. The molecule has 14 heteroatoms. The third-order valence-electron chi connectivity index (χ3n) is 5.21. The molecule has 37 heavy (non-hydrogen) atoms. The van der Waals surface area contributed by atoms with Gasteiger partial charge in [-0.05, 0) is 44.4 Å². The Labute approximate surface area is 212 Å². The van der Waals surface area contributed by atoms with Crippen molar-refractivity contribution in [2.24, 2.45) is 0 Å². The van der Waals surface area contributed by atoms with Crippen LogP contribution in [0.5, 0.6) is 17.4 Å². The summed E-state index contributed by atoms with van der Waals surface area (Å²) in [5, 5.41) is 0. The minimum Gasteiger partial charge on any atom is -0.436 e. The van der Waals surface area contributed by atoms with E-state index in [1.165, 1.54) is 41.6 Å². The monoisotopic (exact) mass is 534 g/mol. The van der Waals surface area contributed by atoms with Crippen LogP contribution < -0.4 is 18.9 Å². The Balaban J connectivity index is 1.44. The zero-order valence-corrected chi connectivity index (χ0v) is 20.8. The van der Waals surface area contributed by atoms with Crippen molar-refractivity contribution in [3.63, 3.8) is 0 Å². The van der Waals surface area contributed by atoms with Gasteiger partial charge in [0, 0.05) is 42.7 Å². The van der Waals surface area contributed by atoms with Crippen molar-refractivity contribution in [1.82, 2.24) is 24.5 Å². The van der Waals surface area contributed by atoms with E-state index in [2.05, 4.69) is 19.4 Å². The van der Waals surface area contributed by atoms with Crippen molar-refractivity contribution in [2.45, 2.75) is 13.1 Å². The number of carbonyl (C=O) groups excluding carboxylic acids is 1. The number of benzene rings is 1. The molecule has 0 fully saturated rings. The molecule has 0 spiro atoms. The van der Waals surface area contributed by atoms with Gasteiger partial charge in [-0.2, -0.15) is 13.1 Å². The zero-order chi connectivity index (χ0) is 26.6. The normalized spacial score (nSPS) is 13.3. The van der Waals surface area contributed by atoms with Gasteiger partial charge in [-0.25, -0.2) is 23.5 Å². The van der Waals surface area contributed by atoms with Crippen molar-refractivity contribution in [3.05, 3.63) is 71.6 Å². The van der Waals surface area contributed by atoms with E-state index in [4.69, 9.17) is 9.47 Å². The van der Waals surface area contributed by atoms with Gasteiger partial charge in [0.15, 0.2) is 17.5 Å². The number of rotatable bonds is 10. The number of pyridine rings is 2. The highest BCUT2D eigenvalue weighted by molar-refractivity contribution is 7.90. The first-order valence-corrected chi connectivity index (χ1v) is 12.5. The van der Waals surface area contributed by atoms with Crippen LogP contribution in [-0.2, 0) is 23.3 Å². The van der Waals surface area contributed by atoms with Crippen molar-refractivity contribution < 1.29 is 31.5 Å². The van der Waals surface area contributed by atoms with Crippen LogP contribution >= 0.6 is 0 Å². The lowest BCUT2D eigenvalue weighted by molar-refractivity contribution is 0.134. The van der Waals surface area contributed by atoms with E-state index in [1.807, 2.05) is 0 Å². The number of anilines is 1. The second-order valence-electron chi connectivity index (χ2n) is 8.32. The number of amides is 1. The van der Waals surface area contributed by atoms with Gasteiger partial charge in [0.2, 0.25) is 0 Å². The Hall–Kier alpha value is -3.88. The summed E-state index contributed by atoms with van der Waals surface area (Å²) in [6.07, 6.45) is 1.86. The Bertz CT molecular complexity index is 1410. The summed E-state index contributed by atoms with van der Waals surface area (Å²) in [6.45, 7) is 0.448. The van der Waals surface area contributed by atoms with E-state index in [-0.39, 0.29) is 42.6 Å². The summed E-state index contributed by atoms with van der Waals surface area (Å²) in [5.74, 6) is -1.85. The molecule has 3 aromatic rings. The van der Waals surface area contributed by atoms with Gasteiger partial charge in [0.1, 0.15) is 11.5 Å². The summed E-state index contributed by atoms with van der Waals surface area (Å²) in [7, 11) is -0.489. The lowest BCUT2D eigenvalue weighted by atomic mass is 10.1. The first-order chi connectivity index (χ1) is 17.6. The minimum atomic E-state index is -4.06. The predicted molar refractivity (Wildman–Crippen MR) is 129 cm³/mol. The van der Waals surface area contributed by atoms with Gasteiger partial charge in [-0.15, -0.1) is 0 Å². The van der Waals surface area contributed by atoms with E-state index < -0.39 is 33.8 Å². The SMILES string of the molecule is CN(C)CCNS(=O)(=O)Nc1nccc(CN2Cc3ccc(Oc4ncccc4F)cc3OC2=O)c1F. The zero-order valence-electron chi connectivity index (χ0n) is 19.9. The molecule has 1 aromatic carbocycles. The lowest BCUT2D eigenvalue weighted by Crippen LogP contribution is -2.37. The molecule has 2 aromatic heterocycles. The Kier molecular flexibility index (Phi) is 7.80. The number of ether oxygens (including phenoxy) is 2. The average molecular weight is 535 g/mol. The predicted octanol–water partition coefficient (Wildman–Crippen LogP) is 2.87. The fraction of sp³-hybridized carbons (Fsp3) is 0.261. The molecule has 1 aliphatic heterocycles. The van der Waals surface area contributed by atoms with E-state index in [0.717, 1.165) is 0 Å². The number of nitrogens with one attached hydrogen (secondary N) is 2. The van der Waals surface area contributed by atoms with Crippen LogP contribution in [0.25, 0.3) is 0 Å². The summed E-state index contributed by atoms with van der Waals surface area (Å²) in [5.41, 5.74) is 0.640. The van der Waals surface area contributed by atoms with Gasteiger partial charge in [-0.3, -0.25) is 9.62 Å². The van der Waals surface area contributed by atoms with E-state index in [9.17, 15) is 17.6 Å². The number of hydrogen-bond donors (Lipinski definition) is 2. The Morgan fingerprint density at radius 2 is 1.97 bits per heavy atom. The molecule has 2 N–H and O–H groups in total. The second-order valence-corrected chi connectivity index (χ2v) is 9.82. The summed E-state index contributed by atoms with van der Waals surface area (Å²) < 4.78 is 68.5. The largest absolute Gasteiger partial charge is 0.436 e. The van der Waals surface area contributed by atoms with Crippen molar-refractivity contribution >= 4 is 22.1 Å². The fourth-order valence-electron chi connectivity index (χ4n) is 3.38. The number of fused-ring (bicyclic) bond motifs is 1. The standard InChI is InChI=1S/C23H24F2N6O5S/c1-30(2)11-10-28-37(33,34)29-21-20(25)16(7-9-26-21)14-31-13-15-5-6-17(12-19(15)36-23(31)32)35-22-18(24)4-3-8-27-22/h3-9,12,28H,10-11,13-14H2,1-2H3,(H,26,29). The van der Waals surface area contributed by atoms with Crippen molar-refractivity contribution in [3.8, 4) is 17.4 Å². The molecular weight excluding hydrogens is 510 g/mol. The summed E-state index contributed by atoms with van der Waals surface area (Å²) in [6, 6.07) is 8.60. The molecule has 4 rings (SSSR count). The van der Waals surface area contributed by atoms with Crippen LogP contribution in [0, 0.1) is 11.6 Å². The van der Waals surface area contributed by atoms with Crippen LogP contribution in [0.2, 0.25) is 0 Å². The third-order valence-corrected chi connectivity index (χ3v) is 6.25. The molecule has 196 valence electrons.